The number of carbonyl (C=O) groups is 1. The zero-order valence-electron chi connectivity index (χ0n) is 11.8. The molecule has 1 amide bonds. The van der Waals surface area contributed by atoms with Crippen molar-refractivity contribution in [2.75, 3.05) is 12.8 Å². The van der Waals surface area contributed by atoms with Gasteiger partial charge < -0.3 is 10.6 Å². The number of anilines is 1. The third kappa shape index (κ3) is 3.18. The molecule has 0 saturated carbocycles. The van der Waals surface area contributed by atoms with Crippen LogP contribution in [0.1, 0.15) is 28.9 Å². The average Bonchev–Trinajstić information content (AvgIpc) is 2.48. The Morgan fingerprint density at radius 2 is 1.71 bits per heavy atom. The van der Waals surface area contributed by atoms with Gasteiger partial charge in [0.15, 0.2) is 11.6 Å². The molecule has 0 aliphatic rings. The Morgan fingerprint density at radius 1 is 1.10 bits per heavy atom. The van der Waals surface area contributed by atoms with E-state index in [1.54, 1.807) is 38.2 Å². The van der Waals surface area contributed by atoms with E-state index in [2.05, 4.69) is 0 Å². The average molecular weight is 290 g/mol. The first-order valence-corrected chi connectivity index (χ1v) is 6.48. The van der Waals surface area contributed by atoms with Crippen LogP contribution in [0.2, 0.25) is 0 Å². The maximum Gasteiger partial charge on any atom is 0.254 e. The number of benzene rings is 2. The Labute approximate surface area is 122 Å². The highest BCUT2D eigenvalue weighted by Crippen LogP contribution is 2.22. The minimum atomic E-state index is -0.923. The highest BCUT2D eigenvalue weighted by Gasteiger charge is 2.19. The molecule has 1 atom stereocenters. The van der Waals surface area contributed by atoms with Crippen molar-refractivity contribution in [1.82, 2.24) is 4.90 Å². The number of rotatable bonds is 3. The van der Waals surface area contributed by atoms with Gasteiger partial charge in [0.25, 0.3) is 5.91 Å². The van der Waals surface area contributed by atoms with Crippen molar-refractivity contribution in [3.05, 3.63) is 65.2 Å². The van der Waals surface area contributed by atoms with E-state index in [0.717, 1.165) is 12.1 Å². The van der Waals surface area contributed by atoms with Crippen molar-refractivity contribution in [3.8, 4) is 0 Å². The van der Waals surface area contributed by atoms with Gasteiger partial charge in [0.2, 0.25) is 0 Å². The summed E-state index contributed by atoms with van der Waals surface area (Å²) in [4.78, 5) is 13.8. The maximum absolute atomic E-state index is 13.3. The second kappa shape index (κ2) is 5.91. The minimum Gasteiger partial charge on any atom is -0.399 e. The Bertz CT molecular complexity index is 656. The van der Waals surface area contributed by atoms with Crippen LogP contribution < -0.4 is 5.73 Å². The first kappa shape index (κ1) is 15.0. The number of halogens is 2. The van der Waals surface area contributed by atoms with Crippen LogP contribution >= 0.6 is 0 Å². The molecule has 0 bridgehead atoms. The van der Waals surface area contributed by atoms with Crippen LogP contribution in [0.5, 0.6) is 0 Å². The molecular formula is C16H16F2N2O. The highest BCUT2D eigenvalue weighted by atomic mass is 19.2. The number of hydrogen-bond donors (Lipinski definition) is 1. The third-order valence-corrected chi connectivity index (χ3v) is 3.48. The van der Waals surface area contributed by atoms with Gasteiger partial charge in [-0.15, -0.1) is 0 Å². The van der Waals surface area contributed by atoms with Crippen molar-refractivity contribution in [3.63, 3.8) is 0 Å². The van der Waals surface area contributed by atoms with Gasteiger partial charge in [0.05, 0.1) is 6.04 Å². The van der Waals surface area contributed by atoms with E-state index >= 15 is 0 Å². The lowest BCUT2D eigenvalue weighted by Crippen LogP contribution is -2.29. The maximum atomic E-state index is 13.3. The number of hydrogen-bond acceptors (Lipinski definition) is 2. The molecule has 3 nitrogen and oxygen atoms in total. The second-order valence-corrected chi connectivity index (χ2v) is 4.89. The third-order valence-electron chi connectivity index (χ3n) is 3.48. The molecule has 0 heterocycles. The van der Waals surface area contributed by atoms with Crippen molar-refractivity contribution in [1.29, 1.82) is 0 Å². The molecule has 0 fully saturated rings. The van der Waals surface area contributed by atoms with E-state index in [4.69, 9.17) is 5.73 Å². The monoisotopic (exact) mass is 290 g/mol. The fraction of sp³-hybridized carbons (Fsp3) is 0.188. The Morgan fingerprint density at radius 3 is 2.29 bits per heavy atom. The fourth-order valence-electron chi connectivity index (χ4n) is 2.00. The molecule has 2 N–H and O–H groups in total. The molecule has 0 spiro atoms. The largest absolute Gasteiger partial charge is 0.399 e. The summed E-state index contributed by atoms with van der Waals surface area (Å²) in [6.07, 6.45) is 0. The van der Waals surface area contributed by atoms with Crippen LogP contribution in [0.15, 0.2) is 42.5 Å². The van der Waals surface area contributed by atoms with E-state index in [1.807, 2.05) is 0 Å². The molecular weight excluding hydrogens is 274 g/mol. The van der Waals surface area contributed by atoms with E-state index in [9.17, 15) is 13.6 Å². The lowest BCUT2D eigenvalue weighted by atomic mass is 10.1. The van der Waals surface area contributed by atoms with E-state index in [-0.39, 0.29) is 11.9 Å². The van der Waals surface area contributed by atoms with Crippen LogP contribution in [0.25, 0.3) is 0 Å². The van der Waals surface area contributed by atoms with Crippen LogP contribution in [-0.2, 0) is 0 Å². The van der Waals surface area contributed by atoms with Crippen molar-refractivity contribution in [2.24, 2.45) is 0 Å². The van der Waals surface area contributed by atoms with E-state index < -0.39 is 11.6 Å². The minimum absolute atomic E-state index is 0.216. The summed E-state index contributed by atoms with van der Waals surface area (Å²) in [6.45, 7) is 1.75. The Balaban J connectivity index is 2.21. The lowest BCUT2D eigenvalue weighted by molar-refractivity contribution is 0.0742. The molecule has 0 saturated heterocycles. The quantitative estimate of drug-likeness (QED) is 0.881. The summed E-state index contributed by atoms with van der Waals surface area (Å²) >= 11 is 0. The fourth-order valence-corrected chi connectivity index (χ4v) is 2.00. The molecule has 0 aromatic heterocycles. The number of nitrogen functional groups attached to an aromatic ring is 1. The molecule has 21 heavy (non-hydrogen) atoms. The lowest BCUT2D eigenvalue weighted by Gasteiger charge is -2.25. The Hall–Kier alpha value is -2.43. The van der Waals surface area contributed by atoms with Gasteiger partial charge >= 0.3 is 0 Å². The summed E-state index contributed by atoms with van der Waals surface area (Å²) < 4.78 is 26.2. The molecule has 2 aromatic rings. The molecule has 2 rings (SSSR count). The smallest absolute Gasteiger partial charge is 0.254 e. The summed E-state index contributed by atoms with van der Waals surface area (Å²) in [5.41, 5.74) is 7.17. The summed E-state index contributed by atoms with van der Waals surface area (Å²) in [5.74, 6) is -2.04. The normalized spacial score (nSPS) is 12.0. The van der Waals surface area contributed by atoms with Crippen LogP contribution in [-0.4, -0.2) is 17.9 Å². The molecule has 5 heteroatoms. The van der Waals surface area contributed by atoms with Gasteiger partial charge in [-0.3, -0.25) is 4.79 Å². The SMILES string of the molecule is CC(c1ccc(F)c(F)c1)N(C)C(=O)c1ccc(N)cc1. The zero-order chi connectivity index (χ0) is 15.6. The summed E-state index contributed by atoms with van der Waals surface area (Å²) in [7, 11) is 1.62. The molecule has 0 radical (unpaired) electrons. The van der Waals surface area contributed by atoms with E-state index in [0.29, 0.717) is 16.8 Å². The molecule has 0 aliphatic carbocycles. The molecule has 0 aliphatic heterocycles. The topological polar surface area (TPSA) is 46.3 Å². The zero-order valence-corrected chi connectivity index (χ0v) is 11.8. The van der Waals surface area contributed by atoms with Crippen molar-refractivity contribution in [2.45, 2.75) is 13.0 Å². The van der Waals surface area contributed by atoms with Gasteiger partial charge in [0, 0.05) is 18.3 Å². The predicted molar refractivity (Wildman–Crippen MR) is 77.7 cm³/mol. The molecule has 2 aromatic carbocycles. The second-order valence-electron chi connectivity index (χ2n) is 4.89. The molecule has 1 unspecified atom stereocenters. The number of nitrogens with two attached hydrogens (primary N) is 1. The standard InChI is InChI=1S/C16H16F2N2O/c1-10(12-5-8-14(17)15(18)9-12)20(2)16(21)11-3-6-13(19)7-4-11/h3-10H,19H2,1-2H3. The molecule has 110 valence electrons. The van der Waals surface area contributed by atoms with Gasteiger partial charge in [-0.2, -0.15) is 0 Å². The van der Waals surface area contributed by atoms with Crippen LogP contribution in [0, 0.1) is 11.6 Å². The van der Waals surface area contributed by atoms with Gasteiger partial charge in [-0.1, -0.05) is 6.07 Å². The number of nitrogens with zero attached hydrogens (tertiary/aromatic N) is 1. The van der Waals surface area contributed by atoms with Crippen molar-refractivity contribution < 1.29 is 13.6 Å². The van der Waals surface area contributed by atoms with Crippen LogP contribution in [0.3, 0.4) is 0 Å². The van der Waals surface area contributed by atoms with E-state index in [1.165, 1.54) is 11.0 Å². The summed E-state index contributed by atoms with van der Waals surface area (Å²) in [6, 6.07) is 9.79. The van der Waals surface area contributed by atoms with Crippen LogP contribution in [0.4, 0.5) is 14.5 Å². The first-order chi connectivity index (χ1) is 9.90. The van der Waals surface area contributed by atoms with Gasteiger partial charge in [-0.05, 0) is 48.9 Å². The highest BCUT2D eigenvalue weighted by molar-refractivity contribution is 5.94. The first-order valence-electron chi connectivity index (χ1n) is 6.48. The van der Waals surface area contributed by atoms with Gasteiger partial charge in [0.1, 0.15) is 0 Å². The number of carbonyl (C=O) groups excluding carboxylic acids is 1. The Kier molecular flexibility index (Phi) is 4.21. The summed E-state index contributed by atoms with van der Waals surface area (Å²) in [5, 5.41) is 0. The van der Waals surface area contributed by atoms with Crippen molar-refractivity contribution >= 4 is 11.6 Å². The predicted octanol–water partition coefficient (Wildman–Crippen LogP) is 3.38. The van der Waals surface area contributed by atoms with Gasteiger partial charge in [-0.25, -0.2) is 8.78 Å². The number of amides is 1.